The van der Waals surface area contributed by atoms with Crippen LogP contribution in [0.2, 0.25) is 0 Å². The third kappa shape index (κ3) is 5.57. The van der Waals surface area contributed by atoms with Crippen molar-refractivity contribution in [2.45, 2.75) is 11.5 Å². The van der Waals surface area contributed by atoms with Gasteiger partial charge in [-0.3, -0.25) is 10.1 Å². The number of hydrogen-bond acceptors (Lipinski definition) is 5. The molecule has 0 heterocycles. The maximum Gasteiger partial charge on any atom is 0.387 e. The number of nitrogens with zero attached hydrogens (tertiary/aromatic N) is 1. The number of hydrogen-bond donors (Lipinski definition) is 1. The van der Waals surface area contributed by atoms with Gasteiger partial charge in [-0.15, -0.1) is 0 Å². The Morgan fingerprint density at radius 3 is 2.24 bits per heavy atom. The van der Waals surface area contributed by atoms with Crippen molar-refractivity contribution >= 4 is 29.5 Å². The van der Waals surface area contributed by atoms with Crippen molar-refractivity contribution < 1.29 is 28.3 Å². The van der Waals surface area contributed by atoms with E-state index < -0.39 is 17.5 Å². The van der Waals surface area contributed by atoms with Crippen LogP contribution in [0.5, 0.6) is 5.75 Å². The van der Waals surface area contributed by atoms with Gasteiger partial charge in [0.15, 0.2) is 0 Å². The Labute approximate surface area is 144 Å². The topological polar surface area (TPSA) is 89.7 Å². The van der Waals surface area contributed by atoms with Gasteiger partial charge in [-0.05, 0) is 35.9 Å². The predicted octanol–water partition coefficient (Wildman–Crippen LogP) is 4.41. The molecule has 0 amide bonds. The maximum absolute atomic E-state index is 12.1. The SMILES string of the molecule is O=C(O)/C(=C\c1ccc(OC(F)F)cc1)Sc1ccc([N+](=O)[O-])cc1. The fourth-order valence-corrected chi connectivity index (χ4v) is 2.60. The molecule has 0 saturated carbocycles. The molecular weight excluding hydrogens is 356 g/mol. The highest BCUT2D eigenvalue weighted by molar-refractivity contribution is 8.04. The van der Waals surface area contributed by atoms with Crippen LogP contribution >= 0.6 is 11.8 Å². The Kier molecular flexibility index (Phi) is 6.07. The number of aliphatic carboxylic acids is 1. The van der Waals surface area contributed by atoms with Gasteiger partial charge in [0, 0.05) is 17.0 Å². The lowest BCUT2D eigenvalue weighted by molar-refractivity contribution is -0.384. The molecule has 0 unspecified atom stereocenters. The van der Waals surface area contributed by atoms with Gasteiger partial charge in [0.2, 0.25) is 0 Å². The van der Waals surface area contributed by atoms with Crippen LogP contribution in [-0.4, -0.2) is 22.6 Å². The van der Waals surface area contributed by atoms with Gasteiger partial charge in [0.1, 0.15) is 5.75 Å². The molecule has 0 radical (unpaired) electrons. The molecule has 25 heavy (non-hydrogen) atoms. The summed E-state index contributed by atoms with van der Waals surface area (Å²) in [5.41, 5.74) is 0.383. The standard InChI is InChI=1S/C16H11F2NO5S/c17-16(18)24-12-5-1-10(2-6-12)9-14(15(20)21)25-13-7-3-11(4-8-13)19(22)23/h1-9,16H,(H,20,21)/b14-9+. The van der Waals surface area contributed by atoms with E-state index in [4.69, 9.17) is 0 Å². The van der Waals surface area contributed by atoms with E-state index in [-0.39, 0.29) is 16.3 Å². The zero-order valence-electron chi connectivity index (χ0n) is 12.5. The number of thioether (sulfide) groups is 1. The number of carboxylic acids is 1. The summed E-state index contributed by atoms with van der Waals surface area (Å²) in [5, 5.41) is 19.9. The van der Waals surface area contributed by atoms with Crippen LogP contribution in [0, 0.1) is 10.1 Å². The third-order valence-electron chi connectivity index (χ3n) is 2.89. The van der Waals surface area contributed by atoms with Gasteiger partial charge < -0.3 is 9.84 Å². The highest BCUT2D eigenvalue weighted by atomic mass is 32.2. The third-order valence-corrected chi connectivity index (χ3v) is 3.91. The molecule has 0 aromatic heterocycles. The summed E-state index contributed by atoms with van der Waals surface area (Å²) in [4.78, 5) is 21.9. The fraction of sp³-hybridized carbons (Fsp3) is 0.0625. The molecule has 0 saturated heterocycles. The van der Waals surface area contributed by atoms with E-state index in [1.54, 1.807) is 0 Å². The number of ether oxygens (including phenoxy) is 1. The molecule has 0 aliphatic heterocycles. The number of benzene rings is 2. The zero-order chi connectivity index (χ0) is 18.4. The van der Waals surface area contributed by atoms with E-state index in [1.165, 1.54) is 54.6 Å². The molecule has 0 bridgehead atoms. The monoisotopic (exact) mass is 367 g/mol. The van der Waals surface area contributed by atoms with Crippen LogP contribution in [-0.2, 0) is 4.79 Å². The van der Waals surface area contributed by atoms with Crippen molar-refractivity contribution in [3.63, 3.8) is 0 Å². The highest BCUT2D eigenvalue weighted by Gasteiger charge is 2.12. The second-order valence-corrected chi connectivity index (χ2v) is 5.73. The van der Waals surface area contributed by atoms with Crippen LogP contribution in [0.25, 0.3) is 6.08 Å². The number of carboxylic acid groups (broad SMARTS) is 1. The molecular formula is C16H11F2NO5S. The van der Waals surface area contributed by atoms with Crippen molar-refractivity contribution in [3.8, 4) is 5.75 Å². The number of carbonyl (C=O) groups is 1. The van der Waals surface area contributed by atoms with E-state index >= 15 is 0 Å². The first-order chi connectivity index (χ1) is 11.8. The van der Waals surface area contributed by atoms with E-state index in [2.05, 4.69) is 4.74 Å². The molecule has 0 aliphatic carbocycles. The van der Waals surface area contributed by atoms with Crippen molar-refractivity contribution in [1.82, 2.24) is 0 Å². The predicted molar refractivity (Wildman–Crippen MR) is 87.6 cm³/mol. The Hall–Kier alpha value is -2.94. The molecule has 1 N–H and O–H groups in total. The molecule has 9 heteroatoms. The van der Waals surface area contributed by atoms with Gasteiger partial charge in [-0.2, -0.15) is 8.78 Å². The average Bonchev–Trinajstić information content (AvgIpc) is 2.56. The number of nitro groups is 1. The molecule has 2 aromatic carbocycles. The number of non-ortho nitro benzene ring substituents is 1. The summed E-state index contributed by atoms with van der Waals surface area (Å²) >= 11 is 0.915. The smallest absolute Gasteiger partial charge is 0.387 e. The molecule has 130 valence electrons. The average molecular weight is 367 g/mol. The zero-order valence-corrected chi connectivity index (χ0v) is 13.3. The Bertz CT molecular complexity index is 791. The molecule has 0 aliphatic rings. The number of rotatable bonds is 7. The normalized spacial score (nSPS) is 11.4. The van der Waals surface area contributed by atoms with E-state index in [9.17, 15) is 28.8 Å². The Morgan fingerprint density at radius 1 is 1.16 bits per heavy atom. The highest BCUT2D eigenvalue weighted by Crippen LogP contribution is 2.30. The first-order valence-corrected chi connectivity index (χ1v) is 7.59. The van der Waals surface area contributed by atoms with Crippen LogP contribution < -0.4 is 4.74 Å². The second kappa shape index (κ2) is 8.25. The van der Waals surface area contributed by atoms with Gasteiger partial charge in [0.25, 0.3) is 5.69 Å². The van der Waals surface area contributed by atoms with Gasteiger partial charge in [-0.25, -0.2) is 4.79 Å². The maximum atomic E-state index is 12.1. The lowest BCUT2D eigenvalue weighted by atomic mass is 10.2. The minimum Gasteiger partial charge on any atom is -0.477 e. The summed E-state index contributed by atoms with van der Waals surface area (Å²) < 4.78 is 28.4. The number of alkyl halides is 2. The van der Waals surface area contributed by atoms with Crippen molar-refractivity contribution in [2.24, 2.45) is 0 Å². The van der Waals surface area contributed by atoms with Crippen LogP contribution in [0.1, 0.15) is 5.56 Å². The Morgan fingerprint density at radius 2 is 1.76 bits per heavy atom. The minimum absolute atomic E-state index is 0.0311. The first-order valence-electron chi connectivity index (χ1n) is 6.77. The summed E-state index contributed by atoms with van der Waals surface area (Å²) in [6, 6.07) is 10.9. The summed E-state index contributed by atoms with van der Waals surface area (Å²) in [5.74, 6) is -1.22. The van der Waals surface area contributed by atoms with Gasteiger partial charge in [-0.1, -0.05) is 23.9 Å². The van der Waals surface area contributed by atoms with Gasteiger partial charge >= 0.3 is 12.6 Å². The summed E-state index contributed by atoms with van der Waals surface area (Å²) in [6.07, 6.45) is 1.36. The molecule has 6 nitrogen and oxygen atoms in total. The first kappa shape index (κ1) is 18.4. The molecule has 0 atom stereocenters. The van der Waals surface area contributed by atoms with Crippen LogP contribution in [0.4, 0.5) is 14.5 Å². The molecule has 2 aromatic rings. The Balaban J connectivity index is 2.18. The quantitative estimate of drug-likeness (QED) is 0.337. The number of halogens is 2. The van der Waals surface area contributed by atoms with E-state index in [0.717, 1.165) is 11.8 Å². The van der Waals surface area contributed by atoms with E-state index in [1.807, 2.05) is 0 Å². The lowest BCUT2D eigenvalue weighted by Gasteiger charge is -2.05. The molecule has 2 rings (SSSR count). The molecule has 0 fully saturated rings. The number of nitro benzene ring substituents is 1. The molecule has 0 spiro atoms. The summed E-state index contributed by atoms with van der Waals surface area (Å²) in [6.45, 7) is -2.94. The summed E-state index contributed by atoms with van der Waals surface area (Å²) in [7, 11) is 0. The second-order valence-electron chi connectivity index (χ2n) is 4.61. The van der Waals surface area contributed by atoms with Crippen molar-refractivity contribution in [1.29, 1.82) is 0 Å². The van der Waals surface area contributed by atoms with Crippen LogP contribution in [0.3, 0.4) is 0 Å². The van der Waals surface area contributed by atoms with Gasteiger partial charge in [0.05, 0.1) is 9.83 Å². The van der Waals surface area contributed by atoms with Crippen molar-refractivity contribution in [2.75, 3.05) is 0 Å². The fourth-order valence-electron chi connectivity index (χ4n) is 1.79. The lowest BCUT2D eigenvalue weighted by Crippen LogP contribution is -2.01. The minimum atomic E-state index is -2.94. The van der Waals surface area contributed by atoms with Crippen molar-refractivity contribution in [3.05, 3.63) is 69.1 Å². The largest absolute Gasteiger partial charge is 0.477 e. The van der Waals surface area contributed by atoms with E-state index in [0.29, 0.717) is 10.5 Å². The van der Waals surface area contributed by atoms with Crippen LogP contribution in [0.15, 0.2) is 58.3 Å².